The Labute approximate surface area is 146 Å². The summed E-state index contributed by atoms with van der Waals surface area (Å²) in [5.41, 5.74) is 1.90. The lowest BCUT2D eigenvalue weighted by molar-refractivity contribution is -0.146. The van der Waals surface area contributed by atoms with E-state index in [2.05, 4.69) is 16.0 Å². The number of hydrogen-bond donors (Lipinski definition) is 0. The van der Waals surface area contributed by atoms with Crippen LogP contribution >= 0.6 is 22.7 Å². The second-order valence-electron chi connectivity index (χ2n) is 5.40. The third-order valence-corrected chi connectivity index (χ3v) is 5.78. The number of esters is 1. The molecule has 4 rings (SSSR count). The molecule has 1 atom stereocenters. The molecular weight excluding hydrogens is 340 g/mol. The first kappa shape index (κ1) is 15.2. The molecule has 0 bridgehead atoms. The van der Waals surface area contributed by atoms with Gasteiger partial charge in [0.1, 0.15) is 5.01 Å². The fourth-order valence-corrected chi connectivity index (χ4v) is 4.57. The summed E-state index contributed by atoms with van der Waals surface area (Å²) in [5.74, 6) is -0.305. The third kappa shape index (κ3) is 3.02. The van der Waals surface area contributed by atoms with E-state index in [0.717, 1.165) is 30.4 Å². The van der Waals surface area contributed by atoms with Crippen molar-refractivity contribution in [3.05, 3.63) is 58.5 Å². The first-order chi connectivity index (χ1) is 11.7. The SMILES string of the molecule is CC(=O)OC(Cc1nc2ccccc2s1)c1nc2ccccc2s1. The zero-order valence-corrected chi connectivity index (χ0v) is 14.6. The monoisotopic (exact) mass is 354 g/mol. The molecule has 1 unspecified atom stereocenters. The summed E-state index contributed by atoms with van der Waals surface area (Å²) >= 11 is 3.19. The molecule has 0 aliphatic rings. The van der Waals surface area contributed by atoms with Gasteiger partial charge in [-0.25, -0.2) is 9.97 Å². The van der Waals surface area contributed by atoms with Gasteiger partial charge in [-0.2, -0.15) is 0 Å². The molecule has 0 spiro atoms. The maximum Gasteiger partial charge on any atom is 0.303 e. The van der Waals surface area contributed by atoms with Crippen molar-refractivity contribution >= 4 is 49.1 Å². The van der Waals surface area contributed by atoms with Crippen LogP contribution in [0.25, 0.3) is 20.4 Å². The lowest BCUT2D eigenvalue weighted by Gasteiger charge is -2.12. The highest BCUT2D eigenvalue weighted by atomic mass is 32.1. The van der Waals surface area contributed by atoms with E-state index >= 15 is 0 Å². The Balaban J connectivity index is 1.69. The fraction of sp³-hybridized carbons (Fsp3) is 0.167. The number of hydrogen-bond acceptors (Lipinski definition) is 6. The molecule has 0 saturated heterocycles. The molecule has 0 saturated carbocycles. The molecule has 24 heavy (non-hydrogen) atoms. The van der Waals surface area contributed by atoms with Crippen LogP contribution in [0.2, 0.25) is 0 Å². The van der Waals surface area contributed by atoms with Crippen molar-refractivity contribution in [1.29, 1.82) is 0 Å². The van der Waals surface area contributed by atoms with E-state index in [9.17, 15) is 4.79 Å². The quantitative estimate of drug-likeness (QED) is 0.496. The minimum atomic E-state index is -0.402. The van der Waals surface area contributed by atoms with Gasteiger partial charge in [-0.05, 0) is 24.3 Å². The van der Waals surface area contributed by atoms with Gasteiger partial charge < -0.3 is 4.74 Å². The summed E-state index contributed by atoms with van der Waals surface area (Å²) in [6, 6.07) is 16.0. The van der Waals surface area contributed by atoms with Gasteiger partial charge in [-0.15, -0.1) is 22.7 Å². The molecule has 2 aromatic heterocycles. The van der Waals surface area contributed by atoms with Crippen molar-refractivity contribution in [2.75, 3.05) is 0 Å². The predicted molar refractivity (Wildman–Crippen MR) is 97.5 cm³/mol. The van der Waals surface area contributed by atoms with E-state index in [0.29, 0.717) is 6.42 Å². The largest absolute Gasteiger partial charge is 0.455 e. The number of aromatic nitrogens is 2. The summed E-state index contributed by atoms with van der Waals surface area (Å²) in [6.45, 7) is 1.43. The van der Waals surface area contributed by atoms with Crippen molar-refractivity contribution in [1.82, 2.24) is 9.97 Å². The van der Waals surface area contributed by atoms with Gasteiger partial charge >= 0.3 is 5.97 Å². The zero-order valence-electron chi connectivity index (χ0n) is 12.9. The van der Waals surface area contributed by atoms with Gasteiger partial charge in [0.05, 0.1) is 25.4 Å². The van der Waals surface area contributed by atoms with E-state index in [4.69, 9.17) is 4.74 Å². The van der Waals surface area contributed by atoms with Crippen LogP contribution in [-0.2, 0) is 16.0 Å². The maximum atomic E-state index is 11.5. The molecule has 0 fully saturated rings. The summed E-state index contributed by atoms with van der Waals surface area (Å²) in [4.78, 5) is 20.8. The lowest BCUT2D eigenvalue weighted by Crippen LogP contribution is -2.11. The summed E-state index contributed by atoms with van der Waals surface area (Å²) in [6.07, 6.45) is 0.138. The summed E-state index contributed by atoms with van der Waals surface area (Å²) in [5, 5.41) is 1.76. The van der Waals surface area contributed by atoms with Crippen LogP contribution in [0.3, 0.4) is 0 Å². The fourth-order valence-electron chi connectivity index (χ4n) is 2.57. The van der Waals surface area contributed by atoms with E-state index < -0.39 is 6.10 Å². The molecule has 2 heterocycles. The molecule has 0 amide bonds. The number of fused-ring (bicyclic) bond motifs is 2. The first-order valence-electron chi connectivity index (χ1n) is 7.56. The van der Waals surface area contributed by atoms with Gasteiger partial charge in [-0.1, -0.05) is 24.3 Å². The molecular formula is C18H14N2O2S2. The molecule has 0 aliphatic heterocycles. The van der Waals surface area contributed by atoms with Gasteiger partial charge in [0, 0.05) is 13.3 Å². The van der Waals surface area contributed by atoms with Crippen molar-refractivity contribution in [3.8, 4) is 0 Å². The van der Waals surface area contributed by atoms with Crippen LogP contribution in [0.1, 0.15) is 23.0 Å². The number of rotatable bonds is 4. The number of ether oxygens (including phenoxy) is 1. The van der Waals surface area contributed by atoms with Crippen LogP contribution in [0.4, 0.5) is 0 Å². The predicted octanol–water partition coefficient (Wildman–Crippen LogP) is 4.75. The Kier molecular flexibility index (Phi) is 4.00. The second-order valence-corrected chi connectivity index (χ2v) is 7.57. The minimum Gasteiger partial charge on any atom is -0.455 e. The maximum absolute atomic E-state index is 11.5. The number of carbonyl (C=O) groups is 1. The molecule has 0 radical (unpaired) electrons. The molecule has 4 nitrogen and oxygen atoms in total. The molecule has 4 aromatic rings. The van der Waals surface area contributed by atoms with Crippen molar-refractivity contribution in [2.24, 2.45) is 0 Å². The number of thiazole rings is 2. The van der Waals surface area contributed by atoms with Crippen molar-refractivity contribution < 1.29 is 9.53 Å². The smallest absolute Gasteiger partial charge is 0.303 e. The Morgan fingerprint density at radius 1 is 1.00 bits per heavy atom. The van der Waals surface area contributed by atoms with Crippen LogP contribution in [0, 0.1) is 0 Å². The second kappa shape index (κ2) is 6.30. The first-order valence-corrected chi connectivity index (χ1v) is 9.19. The third-order valence-electron chi connectivity index (χ3n) is 3.59. The number of carbonyl (C=O) groups excluding carboxylic acids is 1. The van der Waals surface area contributed by atoms with Crippen LogP contribution in [-0.4, -0.2) is 15.9 Å². The van der Waals surface area contributed by atoms with Gasteiger partial charge in [0.2, 0.25) is 0 Å². The highest BCUT2D eigenvalue weighted by Crippen LogP contribution is 2.32. The van der Waals surface area contributed by atoms with Gasteiger partial charge in [0.25, 0.3) is 0 Å². The zero-order chi connectivity index (χ0) is 16.5. The minimum absolute atomic E-state index is 0.305. The number of para-hydroxylation sites is 2. The highest BCUT2D eigenvalue weighted by Gasteiger charge is 2.22. The van der Waals surface area contributed by atoms with Crippen molar-refractivity contribution in [3.63, 3.8) is 0 Å². The van der Waals surface area contributed by atoms with Crippen molar-refractivity contribution in [2.45, 2.75) is 19.4 Å². The van der Waals surface area contributed by atoms with Crippen LogP contribution in [0.15, 0.2) is 48.5 Å². The summed E-state index contributed by atoms with van der Waals surface area (Å²) < 4.78 is 7.77. The van der Waals surface area contributed by atoms with E-state index in [1.807, 2.05) is 42.5 Å². The average molecular weight is 354 g/mol. The average Bonchev–Trinajstić information content (AvgIpc) is 3.16. The topological polar surface area (TPSA) is 52.1 Å². The molecule has 2 aromatic carbocycles. The molecule has 0 N–H and O–H groups in total. The van der Waals surface area contributed by atoms with E-state index in [1.54, 1.807) is 22.7 Å². The Morgan fingerprint density at radius 3 is 2.25 bits per heavy atom. The normalized spacial score (nSPS) is 12.5. The molecule has 120 valence electrons. The van der Waals surface area contributed by atoms with Crippen LogP contribution < -0.4 is 0 Å². The van der Waals surface area contributed by atoms with Gasteiger partial charge in [0.15, 0.2) is 6.10 Å². The Hall–Kier alpha value is -2.31. The van der Waals surface area contributed by atoms with E-state index in [-0.39, 0.29) is 5.97 Å². The Bertz CT molecular complexity index is 956. The highest BCUT2D eigenvalue weighted by molar-refractivity contribution is 7.19. The lowest BCUT2D eigenvalue weighted by atomic mass is 10.2. The van der Waals surface area contributed by atoms with Gasteiger partial charge in [-0.3, -0.25) is 4.79 Å². The molecule has 6 heteroatoms. The van der Waals surface area contributed by atoms with E-state index in [1.165, 1.54) is 6.92 Å². The van der Waals surface area contributed by atoms with Crippen LogP contribution in [0.5, 0.6) is 0 Å². The molecule has 0 aliphatic carbocycles. The standard InChI is InChI=1S/C18H14N2O2S2/c1-11(21)22-14(18-20-13-7-3-5-9-16(13)24-18)10-17-19-12-6-2-4-8-15(12)23-17/h2-9,14H,10H2,1H3. The summed E-state index contributed by atoms with van der Waals surface area (Å²) in [7, 11) is 0. The Morgan fingerprint density at radius 2 is 1.62 bits per heavy atom. The number of benzene rings is 2. The number of nitrogens with zero attached hydrogens (tertiary/aromatic N) is 2.